The highest BCUT2D eigenvalue weighted by Gasteiger charge is 2.45. The van der Waals surface area contributed by atoms with Crippen LogP contribution in [0, 0.1) is 0 Å². The molecule has 9 nitrogen and oxygen atoms in total. The van der Waals surface area contributed by atoms with Crippen molar-refractivity contribution < 1.29 is 19.2 Å². The van der Waals surface area contributed by atoms with Crippen LogP contribution in [0.25, 0.3) is 0 Å². The third kappa shape index (κ3) is 4.46. The summed E-state index contributed by atoms with van der Waals surface area (Å²) in [4.78, 5) is 52.5. The number of hydrogen-bond donors (Lipinski definition) is 3. The van der Waals surface area contributed by atoms with Gasteiger partial charge in [0, 0.05) is 18.7 Å². The van der Waals surface area contributed by atoms with Crippen LogP contribution in [0.2, 0.25) is 0 Å². The van der Waals surface area contributed by atoms with Crippen molar-refractivity contribution in [3.8, 4) is 0 Å². The summed E-state index contributed by atoms with van der Waals surface area (Å²) in [6.07, 6.45) is 2.06. The molecule has 1 aromatic carbocycles. The Labute approximate surface area is 169 Å². The molecule has 0 aliphatic carbocycles. The molecule has 1 saturated heterocycles. The molecule has 0 spiro atoms. The SMILES string of the molecule is CN(CCCN)CCCNc1cccc2c1C(=O)N(C1CCC(=O)NC1=O)C2=O. The number of hydrogen-bond acceptors (Lipinski definition) is 7. The Bertz CT molecular complexity index is 825. The molecule has 4 N–H and O–H groups in total. The van der Waals surface area contributed by atoms with Crippen molar-refractivity contribution in [2.45, 2.75) is 31.7 Å². The summed E-state index contributed by atoms with van der Waals surface area (Å²) >= 11 is 0. The summed E-state index contributed by atoms with van der Waals surface area (Å²) in [5, 5.41) is 5.45. The van der Waals surface area contributed by atoms with E-state index in [0.717, 1.165) is 30.8 Å². The quantitative estimate of drug-likeness (QED) is 0.398. The van der Waals surface area contributed by atoms with Crippen LogP contribution in [0.3, 0.4) is 0 Å². The molecule has 0 saturated carbocycles. The second-order valence-electron chi connectivity index (χ2n) is 7.40. The molecular formula is C20H27N5O4. The molecule has 0 radical (unpaired) electrons. The Morgan fingerprint density at radius 2 is 1.93 bits per heavy atom. The van der Waals surface area contributed by atoms with E-state index in [4.69, 9.17) is 5.73 Å². The van der Waals surface area contributed by atoms with Gasteiger partial charge in [0.15, 0.2) is 0 Å². The molecule has 9 heteroatoms. The largest absolute Gasteiger partial charge is 0.384 e. The molecule has 1 unspecified atom stereocenters. The van der Waals surface area contributed by atoms with Crippen LogP contribution in [0.1, 0.15) is 46.4 Å². The number of fused-ring (bicyclic) bond motifs is 1. The summed E-state index contributed by atoms with van der Waals surface area (Å²) in [7, 11) is 2.04. The minimum absolute atomic E-state index is 0.104. The predicted molar refractivity (Wildman–Crippen MR) is 107 cm³/mol. The minimum Gasteiger partial charge on any atom is -0.384 e. The number of amides is 4. The molecule has 0 aromatic heterocycles. The van der Waals surface area contributed by atoms with Crippen molar-refractivity contribution in [3.05, 3.63) is 29.3 Å². The number of piperidine rings is 1. The molecule has 2 aliphatic rings. The van der Waals surface area contributed by atoms with Crippen LogP contribution in [0.15, 0.2) is 18.2 Å². The topological polar surface area (TPSA) is 125 Å². The van der Waals surface area contributed by atoms with E-state index in [-0.39, 0.29) is 24.3 Å². The Morgan fingerprint density at radius 3 is 2.66 bits per heavy atom. The average Bonchev–Trinajstić information content (AvgIpc) is 2.95. The molecule has 1 atom stereocenters. The Morgan fingerprint density at radius 1 is 1.17 bits per heavy atom. The molecule has 3 rings (SSSR count). The zero-order valence-corrected chi connectivity index (χ0v) is 16.6. The zero-order valence-electron chi connectivity index (χ0n) is 16.6. The van der Waals surface area contributed by atoms with E-state index in [0.29, 0.717) is 24.3 Å². The van der Waals surface area contributed by atoms with Gasteiger partial charge in [-0.1, -0.05) is 6.07 Å². The summed E-state index contributed by atoms with van der Waals surface area (Å²) < 4.78 is 0. The van der Waals surface area contributed by atoms with Gasteiger partial charge in [-0.2, -0.15) is 0 Å². The van der Waals surface area contributed by atoms with Gasteiger partial charge in [0.25, 0.3) is 11.8 Å². The molecule has 1 aromatic rings. The molecule has 1 fully saturated rings. The first-order chi connectivity index (χ1) is 13.9. The summed E-state index contributed by atoms with van der Waals surface area (Å²) in [5.74, 6) is -1.99. The standard InChI is InChI=1S/C20H27N5O4/c1-24(11-3-9-21)12-4-10-22-14-6-2-5-13-17(14)20(29)25(19(13)28)15-7-8-16(26)23-18(15)27/h2,5-6,15,22H,3-4,7-12,21H2,1H3,(H,23,26,27). The maximum absolute atomic E-state index is 13.0. The van der Waals surface area contributed by atoms with E-state index in [1.165, 1.54) is 0 Å². The number of nitrogens with two attached hydrogens (primary N) is 1. The number of carbonyl (C=O) groups is 4. The van der Waals surface area contributed by atoms with Gasteiger partial charge in [-0.05, 0) is 58.1 Å². The van der Waals surface area contributed by atoms with E-state index in [1.807, 2.05) is 7.05 Å². The lowest BCUT2D eigenvalue weighted by molar-refractivity contribution is -0.136. The minimum atomic E-state index is -0.954. The van der Waals surface area contributed by atoms with Crippen molar-refractivity contribution in [1.29, 1.82) is 0 Å². The highest BCUT2D eigenvalue weighted by atomic mass is 16.2. The van der Waals surface area contributed by atoms with Gasteiger partial charge in [-0.3, -0.25) is 29.4 Å². The van der Waals surface area contributed by atoms with Gasteiger partial charge in [0.1, 0.15) is 6.04 Å². The van der Waals surface area contributed by atoms with E-state index in [1.54, 1.807) is 18.2 Å². The monoisotopic (exact) mass is 401 g/mol. The average molecular weight is 401 g/mol. The first-order valence-corrected chi connectivity index (χ1v) is 9.91. The lowest BCUT2D eigenvalue weighted by atomic mass is 10.0. The van der Waals surface area contributed by atoms with Crippen molar-refractivity contribution in [3.63, 3.8) is 0 Å². The number of anilines is 1. The molecule has 4 amide bonds. The maximum Gasteiger partial charge on any atom is 0.264 e. The second kappa shape index (κ2) is 9.15. The molecule has 2 heterocycles. The highest BCUT2D eigenvalue weighted by Crippen LogP contribution is 2.32. The molecule has 2 aliphatic heterocycles. The van der Waals surface area contributed by atoms with Gasteiger partial charge in [0.2, 0.25) is 11.8 Å². The Hall–Kier alpha value is -2.78. The van der Waals surface area contributed by atoms with Crippen molar-refractivity contribution in [2.24, 2.45) is 5.73 Å². The second-order valence-corrected chi connectivity index (χ2v) is 7.40. The number of carbonyl (C=O) groups excluding carboxylic acids is 4. The molecular weight excluding hydrogens is 374 g/mol. The van der Waals surface area contributed by atoms with E-state index in [2.05, 4.69) is 15.5 Å². The van der Waals surface area contributed by atoms with E-state index < -0.39 is 23.8 Å². The fraction of sp³-hybridized carbons (Fsp3) is 0.500. The first kappa shape index (κ1) is 20.9. The number of rotatable bonds is 9. The van der Waals surface area contributed by atoms with Crippen LogP contribution in [0.4, 0.5) is 5.69 Å². The fourth-order valence-electron chi connectivity index (χ4n) is 3.71. The summed E-state index contributed by atoms with van der Waals surface area (Å²) in [5.41, 5.74) is 6.68. The Balaban J connectivity index is 1.67. The van der Waals surface area contributed by atoms with Crippen LogP contribution in [-0.4, -0.2) is 72.7 Å². The smallest absolute Gasteiger partial charge is 0.264 e. The number of benzene rings is 1. The third-order valence-electron chi connectivity index (χ3n) is 5.24. The molecule has 0 bridgehead atoms. The van der Waals surface area contributed by atoms with Gasteiger partial charge >= 0.3 is 0 Å². The van der Waals surface area contributed by atoms with Crippen molar-refractivity contribution in [2.75, 3.05) is 38.5 Å². The van der Waals surface area contributed by atoms with Crippen LogP contribution >= 0.6 is 0 Å². The van der Waals surface area contributed by atoms with Gasteiger partial charge in [0.05, 0.1) is 11.1 Å². The van der Waals surface area contributed by atoms with Crippen molar-refractivity contribution >= 4 is 29.3 Å². The van der Waals surface area contributed by atoms with Crippen LogP contribution in [-0.2, 0) is 9.59 Å². The lowest BCUT2D eigenvalue weighted by Crippen LogP contribution is -2.54. The van der Waals surface area contributed by atoms with E-state index in [9.17, 15) is 19.2 Å². The number of imide groups is 2. The van der Waals surface area contributed by atoms with Crippen molar-refractivity contribution in [1.82, 2.24) is 15.1 Å². The fourth-order valence-corrected chi connectivity index (χ4v) is 3.71. The number of nitrogens with one attached hydrogen (secondary N) is 2. The first-order valence-electron chi connectivity index (χ1n) is 9.91. The normalized spacial score (nSPS) is 19.0. The van der Waals surface area contributed by atoms with Gasteiger partial charge < -0.3 is 16.0 Å². The van der Waals surface area contributed by atoms with E-state index >= 15 is 0 Å². The Kier molecular flexibility index (Phi) is 6.60. The third-order valence-corrected chi connectivity index (χ3v) is 5.24. The molecule has 29 heavy (non-hydrogen) atoms. The molecule has 156 valence electrons. The summed E-state index contributed by atoms with van der Waals surface area (Å²) in [6.45, 7) is 3.13. The van der Waals surface area contributed by atoms with Crippen LogP contribution in [0.5, 0.6) is 0 Å². The predicted octanol–water partition coefficient (Wildman–Crippen LogP) is 0.170. The lowest BCUT2D eigenvalue weighted by Gasteiger charge is -2.27. The highest BCUT2D eigenvalue weighted by molar-refractivity contribution is 6.25. The van der Waals surface area contributed by atoms with Gasteiger partial charge in [-0.25, -0.2) is 0 Å². The van der Waals surface area contributed by atoms with Crippen LogP contribution < -0.4 is 16.4 Å². The maximum atomic E-state index is 13.0. The zero-order chi connectivity index (χ0) is 21.0. The van der Waals surface area contributed by atoms with Gasteiger partial charge in [-0.15, -0.1) is 0 Å². The summed E-state index contributed by atoms with van der Waals surface area (Å²) in [6, 6.07) is 4.11. The number of nitrogens with zero attached hydrogens (tertiary/aromatic N) is 2.